The fourth-order valence-electron chi connectivity index (χ4n) is 10.5. The molecule has 76 heavy (non-hydrogen) atoms. The number of carbonyl (C=O) groups excluding carboxylic acids is 2. The smallest absolute Gasteiger partial charge is 0.305 e. The van der Waals surface area contributed by atoms with Gasteiger partial charge in [0.1, 0.15) is 0 Å². The third-order valence-electron chi connectivity index (χ3n) is 15.8. The molecule has 0 aromatic heterocycles. The molecule has 0 fully saturated rings. The van der Waals surface area contributed by atoms with Crippen molar-refractivity contribution in [1.29, 1.82) is 0 Å². The Labute approximate surface area is 473 Å². The Morgan fingerprint density at radius 1 is 0.408 bits per heavy atom. The highest BCUT2D eigenvalue weighted by Crippen LogP contribution is 2.18. The van der Waals surface area contributed by atoms with Crippen LogP contribution in [0.5, 0.6) is 0 Å². The van der Waals surface area contributed by atoms with Crippen molar-refractivity contribution in [2.45, 2.75) is 366 Å². The zero-order chi connectivity index (χ0) is 55.1. The molecule has 0 aliphatic heterocycles. The quantitative estimate of drug-likeness (QED) is 0.0274. The van der Waals surface area contributed by atoms with Crippen LogP contribution in [0.4, 0.5) is 0 Å². The zero-order valence-electron chi connectivity index (χ0n) is 50.9. The number of amides is 1. The van der Waals surface area contributed by atoms with Crippen LogP contribution in [0.1, 0.15) is 354 Å². The molecule has 0 aromatic carbocycles. The molecule has 0 saturated carbocycles. The Bertz CT molecular complexity index is 1250. The summed E-state index contributed by atoms with van der Waals surface area (Å²) in [6.07, 6.45) is 77.2. The van der Waals surface area contributed by atoms with E-state index in [0.29, 0.717) is 25.9 Å². The molecule has 0 bridgehead atoms. The van der Waals surface area contributed by atoms with Crippen LogP contribution in [-0.2, 0) is 14.3 Å². The zero-order valence-corrected chi connectivity index (χ0v) is 50.9. The number of hydrogen-bond acceptors (Lipinski definition) is 6. The van der Waals surface area contributed by atoms with Crippen molar-refractivity contribution in [3.63, 3.8) is 0 Å². The molecule has 448 valence electrons. The number of carbonyl (C=O) groups is 2. The van der Waals surface area contributed by atoms with E-state index in [1.165, 1.54) is 270 Å². The van der Waals surface area contributed by atoms with Crippen LogP contribution >= 0.6 is 0 Å². The molecule has 3 atom stereocenters. The van der Waals surface area contributed by atoms with Gasteiger partial charge in [0.2, 0.25) is 5.91 Å². The predicted molar refractivity (Wildman–Crippen MR) is 330 cm³/mol. The van der Waals surface area contributed by atoms with Crippen molar-refractivity contribution >= 4 is 11.9 Å². The average Bonchev–Trinajstić information content (AvgIpc) is 3.42. The summed E-state index contributed by atoms with van der Waals surface area (Å²) in [6.45, 7) is 5.14. The summed E-state index contributed by atoms with van der Waals surface area (Å²) in [4.78, 5) is 24.5. The molecule has 0 heterocycles. The third-order valence-corrected chi connectivity index (χ3v) is 15.8. The first kappa shape index (κ1) is 74.0. The van der Waals surface area contributed by atoms with E-state index in [9.17, 15) is 24.9 Å². The van der Waals surface area contributed by atoms with Crippen LogP contribution in [0.2, 0.25) is 0 Å². The molecule has 0 aliphatic rings. The highest BCUT2D eigenvalue weighted by atomic mass is 16.5. The first-order valence-electron chi connectivity index (χ1n) is 33.8. The number of hydrogen-bond donors (Lipinski definition) is 4. The number of aliphatic hydroxyl groups is 3. The second-order valence-electron chi connectivity index (χ2n) is 23.4. The van der Waals surface area contributed by atoms with Crippen molar-refractivity contribution in [2.24, 2.45) is 5.92 Å². The number of nitrogens with one attached hydrogen (secondary N) is 1. The predicted octanol–water partition coefficient (Wildman–Crippen LogP) is 20.4. The van der Waals surface area contributed by atoms with Crippen molar-refractivity contribution in [3.8, 4) is 0 Å². The maximum atomic E-state index is 12.4. The lowest BCUT2D eigenvalue weighted by Crippen LogP contribution is -2.36. The van der Waals surface area contributed by atoms with E-state index in [1.54, 1.807) is 12.2 Å². The summed E-state index contributed by atoms with van der Waals surface area (Å²) in [6, 6.07) is 0. The van der Waals surface area contributed by atoms with Crippen molar-refractivity contribution in [2.75, 3.05) is 19.8 Å². The number of unbranched alkanes of at least 4 members (excludes halogenated alkanes) is 45. The van der Waals surface area contributed by atoms with Gasteiger partial charge in [-0.1, -0.05) is 320 Å². The average molecular weight is 1070 g/mol. The molecule has 0 saturated heterocycles. The van der Waals surface area contributed by atoms with E-state index < -0.39 is 18.1 Å². The molecule has 0 aliphatic carbocycles. The standard InChI is InChI=1S/C69H131NO6/c1-3-5-7-9-11-13-15-16-32-36-39-43-47-51-55-59-69(75)76-62-56-52-48-44-40-37-34-31-29-27-25-23-21-19-17-18-20-22-24-26-28-30-33-35-38-42-46-50-54-58-68(74)70-63-65(64-71)67(73)61-60-66(72)57-53-49-45-41-14-12-10-8-6-4-2/h11,13,16,32,60-61,65-67,71-73H,3-10,12,14-15,17-31,33-59,62-64H2,1-2H3,(H,70,74)/b13-11+,32-16+,61-60+. The van der Waals surface area contributed by atoms with Crippen molar-refractivity contribution in [1.82, 2.24) is 5.32 Å². The van der Waals surface area contributed by atoms with Gasteiger partial charge in [0.15, 0.2) is 0 Å². The van der Waals surface area contributed by atoms with E-state index in [4.69, 9.17) is 4.74 Å². The lowest BCUT2D eigenvalue weighted by Gasteiger charge is -2.19. The molecular formula is C69H131NO6. The van der Waals surface area contributed by atoms with E-state index >= 15 is 0 Å². The Hall–Kier alpha value is -1.96. The van der Waals surface area contributed by atoms with Crippen LogP contribution in [-0.4, -0.2) is 59.2 Å². The van der Waals surface area contributed by atoms with Gasteiger partial charge in [-0.3, -0.25) is 9.59 Å². The van der Waals surface area contributed by atoms with Gasteiger partial charge in [-0.25, -0.2) is 0 Å². The summed E-state index contributed by atoms with van der Waals surface area (Å²) >= 11 is 0. The van der Waals surface area contributed by atoms with Crippen molar-refractivity contribution < 1.29 is 29.6 Å². The fraction of sp³-hybridized carbons (Fsp3) is 0.884. The number of aliphatic hydroxyl groups excluding tert-OH is 3. The SMILES string of the molecule is CCCCC/C=C/C/C=C/CCCCCCCC(=O)OCCCCCCCCCCCCCCCCCCCCCCCCCCCCCCCC(=O)NCC(CO)C(O)/C=C/C(O)CCCCCCCCCCCC. The number of ether oxygens (including phenoxy) is 1. The summed E-state index contributed by atoms with van der Waals surface area (Å²) in [7, 11) is 0. The number of rotatable bonds is 63. The molecule has 0 rings (SSSR count). The van der Waals surface area contributed by atoms with Gasteiger partial charge in [-0.05, 0) is 57.8 Å². The van der Waals surface area contributed by atoms with Crippen LogP contribution in [0.15, 0.2) is 36.5 Å². The number of allylic oxidation sites excluding steroid dienone is 4. The minimum atomic E-state index is -0.895. The summed E-state index contributed by atoms with van der Waals surface area (Å²) in [5.74, 6) is -0.483. The van der Waals surface area contributed by atoms with Gasteiger partial charge in [0, 0.05) is 25.3 Å². The van der Waals surface area contributed by atoms with Crippen LogP contribution in [0, 0.1) is 5.92 Å². The lowest BCUT2D eigenvalue weighted by molar-refractivity contribution is -0.143. The van der Waals surface area contributed by atoms with Crippen LogP contribution < -0.4 is 5.32 Å². The van der Waals surface area contributed by atoms with Gasteiger partial charge < -0.3 is 25.4 Å². The topological polar surface area (TPSA) is 116 Å². The van der Waals surface area contributed by atoms with Gasteiger partial charge >= 0.3 is 5.97 Å². The first-order chi connectivity index (χ1) is 37.4. The van der Waals surface area contributed by atoms with E-state index in [2.05, 4.69) is 43.5 Å². The molecule has 1 amide bonds. The monoisotopic (exact) mass is 1070 g/mol. The molecule has 0 aromatic rings. The van der Waals surface area contributed by atoms with E-state index in [-0.39, 0.29) is 25.0 Å². The Kier molecular flexibility index (Phi) is 62.2. The van der Waals surface area contributed by atoms with Crippen LogP contribution in [0.25, 0.3) is 0 Å². The second kappa shape index (κ2) is 63.9. The molecular weight excluding hydrogens is 939 g/mol. The maximum absolute atomic E-state index is 12.4. The molecule has 4 N–H and O–H groups in total. The van der Waals surface area contributed by atoms with Gasteiger partial charge in [0.25, 0.3) is 0 Å². The molecule has 7 nitrogen and oxygen atoms in total. The minimum absolute atomic E-state index is 0.00321. The Morgan fingerprint density at radius 3 is 1.17 bits per heavy atom. The second-order valence-corrected chi connectivity index (χ2v) is 23.4. The third kappa shape index (κ3) is 59.7. The lowest BCUT2D eigenvalue weighted by atomic mass is 10.0. The normalized spacial score (nSPS) is 13.2. The first-order valence-corrected chi connectivity index (χ1v) is 33.8. The highest BCUT2D eigenvalue weighted by molar-refractivity contribution is 5.75. The Balaban J connectivity index is 3.38. The molecule has 7 heteroatoms. The summed E-state index contributed by atoms with van der Waals surface area (Å²) < 4.78 is 5.48. The van der Waals surface area contributed by atoms with Crippen LogP contribution in [0.3, 0.4) is 0 Å². The summed E-state index contributed by atoms with van der Waals surface area (Å²) in [5.41, 5.74) is 0. The largest absolute Gasteiger partial charge is 0.466 e. The minimum Gasteiger partial charge on any atom is -0.466 e. The van der Waals surface area contributed by atoms with Crippen molar-refractivity contribution in [3.05, 3.63) is 36.5 Å². The van der Waals surface area contributed by atoms with Gasteiger partial charge in [0.05, 0.1) is 25.4 Å². The van der Waals surface area contributed by atoms with E-state index in [0.717, 1.165) is 51.4 Å². The van der Waals surface area contributed by atoms with Gasteiger partial charge in [-0.15, -0.1) is 0 Å². The van der Waals surface area contributed by atoms with E-state index in [1.807, 2.05) is 0 Å². The summed E-state index contributed by atoms with van der Waals surface area (Å²) in [5, 5.41) is 33.5. The molecule has 3 unspecified atom stereocenters. The number of esters is 1. The highest BCUT2D eigenvalue weighted by Gasteiger charge is 2.17. The molecule has 0 spiro atoms. The fourth-order valence-corrected chi connectivity index (χ4v) is 10.5. The Morgan fingerprint density at radius 2 is 0.750 bits per heavy atom. The van der Waals surface area contributed by atoms with Gasteiger partial charge in [-0.2, -0.15) is 0 Å². The maximum Gasteiger partial charge on any atom is 0.305 e. The molecule has 0 radical (unpaired) electrons.